The van der Waals surface area contributed by atoms with Gasteiger partial charge in [0.1, 0.15) is 11.6 Å². The number of halogens is 2. The Morgan fingerprint density at radius 2 is 1.82 bits per heavy atom. The summed E-state index contributed by atoms with van der Waals surface area (Å²) in [4.78, 5) is 6.54. The Morgan fingerprint density at radius 3 is 2.55 bits per heavy atom. The molecule has 0 atom stereocenters. The van der Waals surface area contributed by atoms with Gasteiger partial charge in [0.25, 0.3) is 0 Å². The van der Waals surface area contributed by atoms with Gasteiger partial charge in [-0.2, -0.15) is 10.1 Å². The lowest BCUT2D eigenvalue weighted by Crippen LogP contribution is -2.25. The molecule has 1 aliphatic rings. The Morgan fingerprint density at radius 1 is 1.05 bits per heavy atom. The van der Waals surface area contributed by atoms with Gasteiger partial charge in [0.2, 0.25) is 5.95 Å². The van der Waals surface area contributed by atoms with Crippen LogP contribution in [0.3, 0.4) is 0 Å². The van der Waals surface area contributed by atoms with Gasteiger partial charge in [0.15, 0.2) is 5.82 Å². The number of hydrogen-bond donors (Lipinski definition) is 1. The number of benzene rings is 1. The number of hydrogen-bond acceptors (Lipinski definition) is 5. The molecule has 0 aliphatic carbocycles. The minimum atomic E-state index is -0.691. The van der Waals surface area contributed by atoms with Crippen molar-refractivity contribution in [3.8, 4) is 0 Å². The fourth-order valence-corrected chi connectivity index (χ4v) is 2.51. The summed E-state index contributed by atoms with van der Waals surface area (Å²) in [5.74, 6) is -0.390. The van der Waals surface area contributed by atoms with Gasteiger partial charge in [0, 0.05) is 19.2 Å². The second kappa shape index (κ2) is 6.64. The van der Waals surface area contributed by atoms with E-state index in [9.17, 15) is 8.78 Å². The summed E-state index contributed by atoms with van der Waals surface area (Å²) >= 11 is 0. The molecule has 1 aliphatic heterocycles. The second-order valence-corrected chi connectivity index (χ2v) is 5.29. The van der Waals surface area contributed by atoms with Gasteiger partial charge in [-0.05, 0) is 25.0 Å². The van der Waals surface area contributed by atoms with E-state index < -0.39 is 11.6 Å². The van der Waals surface area contributed by atoms with Crippen LogP contribution in [0.2, 0.25) is 0 Å². The van der Waals surface area contributed by atoms with Crippen LogP contribution in [0.5, 0.6) is 0 Å². The first-order chi connectivity index (χ1) is 10.7. The summed E-state index contributed by atoms with van der Waals surface area (Å²) in [5.41, 5.74) is 0.121. The molecule has 7 heteroatoms. The Kier molecular flexibility index (Phi) is 4.41. The van der Waals surface area contributed by atoms with Crippen LogP contribution in [-0.2, 0) is 0 Å². The van der Waals surface area contributed by atoms with Gasteiger partial charge in [-0.1, -0.05) is 12.8 Å². The highest BCUT2D eigenvalue weighted by molar-refractivity contribution is 5.55. The SMILES string of the molecule is Fc1ccc(Nc2nncc(N3CCCCCC3)n2)c(F)c1. The van der Waals surface area contributed by atoms with Crippen molar-refractivity contribution < 1.29 is 8.78 Å². The fourth-order valence-electron chi connectivity index (χ4n) is 2.51. The molecule has 5 nitrogen and oxygen atoms in total. The number of anilines is 3. The van der Waals surface area contributed by atoms with Crippen molar-refractivity contribution in [2.75, 3.05) is 23.3 Å². The van der Waals surface area contributed by atoms with Gasteiger partial charge in [-0.15, -0.1) is 5.10 Å². The monoisotopic (exact) mass is 305 g/mol. The van der Waals surface area contributed by atoms with E-state index in [1.165, 1.54) is 25.0 Å². The molecule has 22 heavy (non-hydrogen) atoms. The lowest BCUT2D eigenvalue weighted by atomic mass is 10.2. The zero-order chi connectivity index (χ0) is 15.4. The number of aromatic nitrogens is 3. The zero-order valence-electron chi connectivity index (χ0n) is 12.1. The highest BCUT2D eigenvalue weighted by Crippen LogP contribution is 2.21. The third-order valence-electron chi connectivity index (χ3n) is 3.65. The Bertz CT molecular complexity index is 642. The van der Waals surface area contributed by atoms with Gasteiger partial charge in [0.05, 0.1) is 11.9 Å². The molecule has 1 fully saturated rings. The average Bonchev–Trinajstić information content (AvgIpc) is 2.80. The van der Waals surface area contributed by atoms with E-state index >= 15 is 0 Å². The molecule has 2 heterocycles. The maximum Gasteiger partial charge on any atom is 0.249 e. The van der Waals surface area contributed by atoms with Crippen LogP contribution in [0.4, 0.5) is 26.2 Å². The van der Waals surface area contributed by atoms with Crippen molar-refractivity contribution in [3.63, 3.8) is 0 Å². The van der Waals surface area contributed by atoms with Gasteiger partial charge in [-0.25, -0.2) is 8.78 Å². The van der Waals surface area contributed by atoms with E-state index in [0.29, 0.717) is 0 Å². The molecule has 2 aromatic rings. The predicted molar refractivity (Wildman–Crippen MR) is 80.1 cm³/mol. The first-order valence-corrected chi connectivity index (χ1v) is 7.39. The Labute approximate surface area is 127 Å². The van der Waals surface area contributed by atoms with Gasteiger partial charge < -0.3 is 10.2 Å². The maximum absolute atomic E-state index is 13.7. The molecule has 0 radical (unpaired) electrons. The highest BCUT2D eigenvalue weighted by atomic mass is 19.1. The summed E-state index contributed by atoms with van der Waals surface area (Å²) in [6.07, 6.45) is 6.30. The molecule has 0 unspecified atom stereocenters. The first-order valence-electron chi connectivity index (χ1n) is 7.39. The molecule has 3 rings (SSSR count). The van der Waals surface area contributed by atoms with E-state index in [0.717, 1.165) is 37.8 Å². The quantitative estimate of drug-likeness (QED) is 0.943. The lowest BCUT2D eigenvalue weighted by molar-refractivity contribution is 0.586. The van der Waals surface area contributed by atoms with Crippen LogP contribution in [0.15, 0.2) is 24.4 Å². The molecule has 1 N–H and O–H groups in total. The van der Waals surface area contributed by atoms with Crippen molar-refractivity contribution in [2.24, 2.45) is 0 Å². The zero-order valence-corrected chi connectivity index (χ0v) is 12.1. The van der Waals surface area contributed by atoms with E-state index in [2.05, 4.69) is 25.4 Å². The standard InChI is InChI=1S/C15H17F2N5/c16-11-5-6-13(12(17)9-11)19-15-20-14(10-18-21-15)22-7-3-1-2-4-8-22/h5-6,9-10H,1-4,7-8H2,(H,19,20,21). The van der Waals surface area contributed by atoms with Crippen LogP contribution in [0.1, 0.15) is 25.7 Å². The van der Waals surface area contributed by atoms with Crippen molar-refractivity contribution >= 4 is 17.5 Å². The topological polar surface area (TPSA) is 53.9 Å². The minimum Gasteiger partial charge on any atom is -0.355 e. The second-order valence-electron chi connectivity index (χ2n) is 5.29. The number of nitrogens with zero attached hydrogens (tertiary/aromatic N) is 4. The molecule has 1 aromatic carbocycles. The van der Waals surface area contributed by atoms with Crippen LogP contribution < -0.4 is 10.2 Å². The number of nitrogens with one attached hydrogen (secondary N) is 1. The van der Waals surface area contributed by atoms with Crippen molar-refractivity contribution in [1.29, 1.82) is 0 Å². The van der Waals surface area contributed by atoms with Gasteiger partial charge in [-0.3, -0.25) is 0 Å². The van der Waals surface area contributed by atoms with Crippen LogP contribution >= 0.6 is 0 Å². The van der Waals surface area contributed by atoms with Crippen molar-refractivity contribution in [2.45, 2.75) is 25.7 Å². The minimum absolute atomic E-state index is 0.121. The van der Waals surface area contributed by atoms with Gasteiger partial charge >= 0.3 is 0 Å². The molecular formula is C15H17F2N5. The first kappa shape index (κ1) is 14.6. The average molecular weight is 305 g/mol. The van der Waals surface area contributed by atoms with E-state index in [1.54, 1.807) is 6.20 Å². The molecule has 1 saturated heterocycles. The normalized spacial score (nSPS) is 15.5. The molecule has 0 saturated carbocycles. The fraction of sp³-hybridized carbons (Fsp3) is 0.400. The summed E-state index contributed by atoms with van der Waals surface area (Å²) < 4.78 is 26.6. The van der Waals surface area contributed by atoms with E-state index in [-0.39, 0.29) is 11.6 Å². The summed E-state index contributed by atoms with van der Waals surface area (Å²) in [5, 5.41) is 10.5. The summed E-state index contributed by atoms with van der Waals surface area (Å²) in [7, 11) is 0. The Hall–Kier alpha value is -2.31. The van der Waals surface area contributed by atoms with E-state index in [4.69, 9.17) is 0 Å². The summed E-state index contributed by atoms with van der Waals surface area (Å²) in [6, 6.07) is 3.30. The summed E-state index contributed by atoms with van der Waals surface area (Å²) in [6.45, 7) is 1.87. The molecule has 1 aromatic heterocycles. The largest absolute Gasteiger partial charge is 0.355 e. The maximum atomic E-state index is 13.7. The number of rotatable bonds is 3. The molecular weight excluding hydrogens is 288 g/mol. The Balaban J connectivity index is 1.78. The van der Waals surface area contributed by atoms with Crippen LogP contribution in [-0.4, -0.2) is 28.3 Å². The third kappa shape index (κ3) is 3.47. The molecule has 0 spiro atoms. The molecule has 116 valence electrons. The predicted octanol–water partition coefficient (Wildman–Crippen LogP) is 3.27. The van der Waals surface area contributed by atoms with Crippen LogP contribution in [0, 0.1) is 11.6 Å². The van der Waals surface area contributed by atoms with E-state index in [1.807, 2.05) is 0 Å². The lowest BCUT2D eigenvalue weighted by Gasteiger charge is -2.20. The highest BCUT2D eigenvalue weighted by Gasteiger charge is 2.13. The van der Waals surface area contributed by atoms with Crippen LogP contribution in [0.25, 0.3) is 0 Å². The van der Waals surface area contributed by atoms with Crippen molar-refractivity contribution in [1.82, 2.24) is 15.2 Å². The molecule has 0 bridgehead atoms. The van der Waals surface area contributed by atoms with Crippen molar-refractivity contribution in [3.05, 3.63) is 36.0 Å². The smallest absolute Gasteiger partial charge is 0.249 e. The molecule has 0 amide bonds. The third-order valence-corrected chi connectivity index (χ3v) is 3.65.